The molecule has 0 saturated carbocycles. The summed E-state index contributed by atoms with van der Waals surface area (Å²) in [5.41, 5.74) is 1.71. The minimum Gasteiger partial charge on any atom is -0.336 e. The number of rotatable bonds is 4. The molecule has 3 rings (SSSR count). The van der Waals surface area contributed by atoms with Gasteiger partial charge in [-0.15, -0.1) is 0 Å². The molecule has 1 aromatic heterocycles. The highest BCUT2D eigenvalue weighted by Crippen LogP contribution is 2.27. The number of sulfonamides is 1. The third kappa shape index (κ3) is 3.07. The zero-order chi connectivity index (χ0) is 17.3. The summed E-state index contributed by atoms with van der Waals surface area (Å²) in [6.07, 6.45) is 5.53. The molecule has 0 spiro atoms. The lowest BCUT2D eigenvalue weighted by molar-refractivity contribution is -0.132. The second kappa shape index (κ2) is 6.37. The van der Waals surface area contributed by atoms with Gasteiger partial charge in [-0.2, -0.15) is 0 Å². The summed E-state index contributed by atoms with van der Waals surface area (Å²) in [5.74, 6) is -0.000445. The van der Waals surface area contributed by atoms with Crippen molar-refractivity contribution in [1.82, 2.24) is 18.8 Å². The van der Waals surface area contributed by atoms with Crippen LogP contribution in [0.3, 0.4) is 0 Å². The molecule has 0 unspecified atom stereocenters. The predicted octanol–water partition coefficient (Wildman–Crippen LogP) is 0.718. The largest absolute Gasteiger partial charge is 0.336 e. The molecule has 0 atom stereocenters. The topological polar surface area (TPSA) is 75.5 Å². The number of carbonyl (C=O) groups excluding carboxylic acids is 1. The average Bonchev–Trinajstić information content (AvgIpc) is 3.06. The van der Waals surface area contributed by atoms with Crippen molar-refractivity contribution in [1.29, 1.82) is 0 Å². The van der Waals surface area contributed by atoms with Crippen LogP contribution in [0.2, 0.25) is 0 Å². The molecule has 0 radical (unpaired) electrons. The molecular formula is C16H20N4O3S. The van der Waals surface area contributed by atoms with Crippen LogP contribution in [0.4, 0.5) is 0 Å². The molecule has 7 nitrogen and oxygen atoms in total. The maximum atomic E-state index is 12.5. The number of nitrogens with zero attached hydrogens (tertiary/aromatic N) is 4. The van der Waals surface area contributed by atoms with Gasteiger partial charge in [0.05, 0.1) is 11.2 Å². The Morgan fingerprint density at radius 2 is 2.12 bits per heavy atom. The van der Waals surface area contributed by atoms with Gasteiger partial charge in [-0.25, -0.2) is 17.7 Å². The molecule has 1 aliphatic rings. The number of benzene rings is 1. The number of hydrogen-bond acceptors (Lipinski definition) is 4. The van der Waals surface area contributed by atoms with E-state index in [-0.39, 0.29) is 12.5 Å². The van der Waals surface area contributed by atoms with E-state index in [9.17, 15) is 13.2 Å². The molecule has 1 amide bonds. The van der Waals surface area contributed by atoms with E-state index in [0.717, 1.165) is 11.1 Å². The van der Waals surface area contributed by atoms with E-state index in [4.69, 9.17) is 0 Å². The monoisotopic (exact) mass is 348 g/mol. The molecule has 8 heteroatoms. The van der Waals surface area contributed by atoms with Crippen molar-refractivity contribution in [2.24, 2.45) is 0 Å². The van der Waals surface area contributed by atoms with E-state index < -0.39 is 10.0 Å². The summed E-state index contributed by atoms with van der Waals surface area (Å²) in [6.45, 7) is 1.19. The second-order valence-corrected chi connectivity index (χ2v) is 8.10. The quantitative estimate of drug-likeness (QED) is 0.816. The minimum atomic E-state index is -3.48. The average molecular weight is 348 g/mol. The van der Waals surface area contributed by atoms with Crippen LogP contribution >= 0.6 is 0 Å². The number of imidazole rings is 1. The van der Waals surface area contributed by atoms with E-state index in [0.29, 0.717) is 24.4 Å². The lowest BCUT2D eigenvalue weighted by atomic mass is 10.00. The van der Waals surface area contributed by atoms with Gasteiger partial charge in [-0.05, 0) is 23.6 Å². The van der Waals surface area contributed by atoms with Crippen molar-refractivity contribution in [2.75, 3.05) is 20.6 Å². The molecule has 2 heterocycles. The predicted molar refractivity (Wildman–Crippen MR) is 88.7 cm³/mol. The maximum absolute atomic E-state index is 12.5. The Kier molecular flexibility index (Phi) is 4.42. The SMILES string of the molecule is CN(C)S(=O)(=O)c1cccc2c1CCN(C(=O)Cn1ccnc1)C2. The fraction of sp³-hybridized carbons (Fsp3) is 0.375. The molecule has 2 aromatic rings. The van der Waals surface area contributed by atoms with Gasteiger partial charge < -0.3 is 9.47 Å². The fourth-order valence-electron chi connectivity index (χ4n) is 2.86. The third-order valence-corrected chi connectivity index (χ3v) is 6.11. The van der Waals surface area contributed by atoms with Gasteiger partial charge in [0, 0.05) is 39.6 Å². The summed E-state index contributed by atoms with van der Waals surface area (Å²) in [6, 6.07) is 5.26. The normalized spacial score (nSPS) is 14.7. The zero-order valence-electron chi connectivity index (χ0n) is 13.7. The van der Waals surface area contributed by atoms with Gasteiger partial charge in [0.15, 0.2) is 0 Å². The van der Waals surface area contributed by atoms with E-state index in [1.807, 2.05) is 6.07 Å². The highest BCUT2D eigenvalue weighted by molar-refractivity contribution is 7.89. The number of carbonyl (C=O) groups is 1. The first-order chi connectivity index (χ1) is 11.4. The van der Waals surface area contributed by atoms with Gasteiger partial charge in [-0.3, -0.25) is 4.79 Å². The van der Waals surface area contributed by atoms with Crippen molar-refractivity contribution in [2.45, 2.75) is 24.4 Å². The Balaban J connectivity index is 1.83. The van der Waals surface area contributed by atoms with Crippen LogP contribution in [0.1, 0.15) is 11.1 Å². The summed E-state index contributed by atoms with van der Waals surface area (Å²) in [5, 5.41) is 0. The zero-order valence-corrected chi connectivity index (χ0v) is 14.5. The summed E-state index contributed by atoms with van der Waals surface area (Å²) >= 11 is 0. The molecule has 1 aromatic carbocycles. The lowest BCUT2D eigenvalue weighted by Gasteiger charge is -2.30. The van der Waals surface area contributed by atoms with Crippen LogP contribution in [0.15, 0.2) is 41.8 Å². The molecular weight excluding hydrogens is 328 g/mol. The van der Waals surface area contributed by atoms with Crippen molar-refractivity contribution >= 4 is 15.9 Å². The Hall–Kier alpha value is -2.19. The number of fused-ring (bicyclic) bond motifs is 1. The maximum Gasteiger partial charge on any atom is 0.242 e. The van der Waals surface area contributed by atoms with Gasteiger partial charge in [-0.1, -0.05) is 12.1 Å². The first-order valence-corrected chi connectivity index (χ1v) is 9.10. The highest BCUT2D eigenvalue weighted by Gasteiger charge is 2.27. The van der Waals surface area contributed by atoms with Crippen LogP contribution in [0, 0.1) is 0 Å². The van der Waals surface area contributed by atoms with Gasteiger partial charge >= 0.3 is 0 Å². The number of amides is 1. The molecule has 0 N–H and O–H groups in total. The standard InChI is InChI=1S/C16H20N4O3S/c1-18(2)24(22,23)15-5-3-4-13-10-20(8-6-14(13)15)16(21)11-19-9-7-17-12-19/h3-5,7,9,12H,6,8,10-11H2,1-2H3. The summed E-state index contributed by atoms with van der Waals surface area (Å²) < 4.78 is 27.9. The highest BCUT2D eigenvalue weighted by atomic mass is 32.2. The summed E-state index contributed by atoms with van der Waals surface area (Å²) in [4.78, 5) is 18.4. The van der Waals surface area contributed by atoms with Crippen molar-refractivity contribution in [3.8, 4) is 0 Å². The van der Waals surface area contributed by atoms with E-state index in [1.165, 1.54) is 18.4 Å². The Labute approximate surface area is 141 Å². The van der Waals surface area contributed by atoms with Crippen LogP contribution < -0.4 is 0 Å². The molecule has 0 aliphatic carbocycles. The second-order valence-electron chi connectivity index (χ2n) is 5.98. The molecule has 128 valence electrons. The molecule has 1 aliphatic heterocycles. The van der Waals surface area contributed by atoms with Crippen LogP contribution in [-0.2, 0) is 34.3 Å². The van der Waals surface area contributed by atoms with Gasteiger partial charge in [0.25, 0.3) is 0 Å². The number of aromatic nitrogens is 2. The molecule has 0 bridgehead atoms. The first kappa shape index (κ1) is 16.7. The van der Waals surface area contributed by atoms with Crippen LogP contribution in [0.5, 0.6) is 0 Å². The van der Waals surface area contributed by atoms with E-state index in [1.54, 1.807) is 40.3 Å². The number of hydrogen-bond donors (Lipinski definition) is 0. The van der Waals surface area contributed by atoms with E-state index in [2.05, 4.69) is 4.98 Å². The Morgan fingerprint density at radius 1 is 1.33 bits per heavy atom. The first-order valence-electron chi connectivity index (χ1n) is 7.66. The lowest BCUT2D eigenvalue weighted by Crippen LogP contribution is -2.38. The fourth-order valence-corrected chi connectivity index (χ4v) is 4.05. The van der Waals surface area contributed by atoms with Crippen LogP contribution in [-0.4, -0.2) is 53.7 Å². The molecule has 0 saturated heterocycles. The van der Waals surface area contributed by atoms with Crippen molar-refractivity contribution < 1.29 is 13.2 Å². The Morgan fingerprint density at radius 3 is 2.79 bits per heavy atom. The smallest absolute Gasteiger partial charge is 0.242 e. The third-order valence-electron chi connectivity index (χ3n) is 4.21. The van der Waals surface area contributed by atoms with Crippen LogP contribution in [0.25, 0.3) is 0 Å². The van der Waals surface area contributed by atoms with Crippen molar-refractivity contribution in [3.05, 3.63) is 48.0 Å². The minimum absolute atomic E-state index is 0.000445. The van der Waals surface area contributed by atoms with Crippen molar-refractivity contribution in [3.63, 3.8) is 0 Å². The summed E-state index contributed by atoms with van der Waals surface area (Å²) in [7, 11) is -0.427. The molecule has 0 fully saturated rings. The molecule has 24 heavy (non-hydrogen) atoms. The van der Waals surface area contributed by atoms with Gasteiger partial charge in [0.1, 0.15) is 6.54 Å². The van der Waals surface area contributed by atoms with Gasteiger partial charge in [0.2, 0.25) is 15.9 Å². The Bertz CT molecular complexity index is 844. The van der Waals surface area contributed by atoms with E-state index >= 15 is 0 Å².